The predicted octanol–water partition coefficient (Wildman–Crippen LogP) is 4.32. The maximum atomic E-state index is 13.4. The van der Waals surface area contributed by atoms with Crippen molar-refractivity contribution in [3.8, 4) is 0 Å². The van der Waals surface area contributed by atoms with Gasteiger partial charge in [0.15, 0.2) is 0 Å². The van der Waals surface area contributed by atoms with Crippen LogP contribution in [0, 0.1) is 5.82 Å². The van der Waals surface area contributed by atoms with Crippen molar-refractivity contribution < 1.29 is 9.13 Å². The van der Waals surface area contributed by atoms with Crippen LogP contribution in [0.4, 0.5) is 4.39 Å². The summed E-state index contributed by atoms with van der Waals surface area (Å²) in [5, 5.41) is 3.52. The van der Waals surface area contributed by atoms with Crippen LogP contribution in [0.15, 0.2) is 22.7 Å². The Labute approximate surface area is 130 Å². The van der Waals surface area contributed by atoms with E-state index in [4.69, 9.17) is 4.74 Å². The first kappa shape index (κ1) is 17.6. The van der Waals surface area contributed by atoms with Crippen LogP contribution in [-0.2, 0) is 11.2 Å². The highest BCUT2D eigenvalue weighted by molar-refractivity contribution is 9.10. The number of halogens is 2. The molecule has 2 nitrogen and oxygen atoms in total. The third-order valence-electron chi connectivity index (χ3n) is 3.05. The monoisotopic (exact) mass is 345 g/mol. The lowest BCUT2D eigenvalue weighted by Gasteiger charge is -2.19. The Morgan fingerprint density at radius 2 is 2.00 bits per heavy atom. The zero-order chi connectivity index (χ0) is 14.8. The van der Waals surface area contributed by atoms with Crippen LogP contribution in [0.3, 0.4) is 0 Å². The largest absolute Gasteiger partial charge is 0.381 e. The van der Waals surface area contributed by atoms with Crippen LogP contribution in [0.1, 0.15) is 38.7 Å². The van der Waals surface area contributed by atoms with E-state index in [2.05, 4.69) is 35.1 Å². The maximum absolute atomic E-state index is 13.4. The van der Waals surface area contributed by atoms with Crippen LogP contribution in [0.25, 0.3) is 0 Å². The van der Waals surface area contributed by atoms with E-state index in [0.29, 0.717) is 6.04 Å². The van der Waals surface area contributed by atoms with Crippen LogP contribution >= 0.6 is 15.9 Å². The van der Waals surface area contributed by atoms with Crippen molar-refractivity contribution in [2.24, 2.45) is 0 Å². The summed E-state index contributed by atoms with van der Waals surface area (Å²) < 4.78 is 19.8. The molecule has 1 rings (SSSR count). The van der Waals surface area contributed by atoms with Crippen molar-refractivity contribution in [2.75, 3.05) is 19.8 Å². The van der Waals surface area contributed by atoms with E-state index < -0.39 is 0 Å². The maximum Gasteiger partial charge on any atom is 0.124 e. The summed E-state index contributed by atoms with van der Waals surface area (Å²) in [6, 6.07) is 5.41. The molecule has 0 aliphatic rings. The Morgan fingerprint density at radius 1 is 1.20 bits per heavy atom. The highest BCUT2D eigenvalue weighted by atomic mass is 79.9. The van der Waals surface area contributed by atoms with Crippen molar-refractivity contribution in [2.45, 2.75) is 45.6 Å². The molecule has 1 N–H and O–H groups in total. The Balaban J connectivity index is 2.53. The summed E-state index contributed by atoms with van der Waals surface area (Å²) in [4.78, 5) is 0. The van der Waals surface area contributed by atoms with Crippen molar-refractivity contribution in [3.63, 3.8) is 0 Å². The molecule has 0 radical (unpaired) electrons. The number of hydrogen-bond acceptors (Lipinski definition) is 2. The molecule has 1 unspecified atom stereocenters. The number of benzene rings is 1. The van der Waals surface area contributed by atoms with E-state index in [-0.39, 0.29) is 5.82 Å². The van der Waals surface area contributed by atoms with Crippen LogP contribution in [0.5, 0.6) is 0 Å². The minimum Gasteiger partial charge on any atom is -0.381 e. The third kappa shape index (κ3) is 7.36. The lowest BCUT2D eigenvalue weighted by Crippen LogP contribution is -2.33. The van der Waals surface area contributed by atoms with E-state index in [1.807, 2.05) is 6.07 Å². The zero-order valence-electron chi connectivity index (χ0n) is 12.4. The van der Waals surface area contributed by atoms with Gasteiger partial charge in [-0.1, -0.05) is 29.8 Å². The standard InChI is InChI=1S/C16H25BrFNO/c1-3-6-19-16(5-8-20-7-4-2)11-13-9-14(17)12-15(18)10-13/h9-10,12,16,19H,3-8,11H2,1-2H3. The third-order valence-corrected chi connectivity index (χ3v) is 3.50. The lowest BCUT2D eigenvalue weighted by molar-refractivity contribution is 0.124. The number of rotatable bonds is 10. The fourth-order valence-corrected chi connectivity index (χ4v) is 2.62. The second kappa shape index (κ2) is 10.3. The molecule has 0 aliphatic heterocycles. The first-order valence-electron chi connectivity index (χ1n) is 7.41. The molecule has 0 heterocycles. The van der Waals surface area contributed by atoms with Gasteiger partial charge in [-0.15, -0.1) is 0 Å². The molecule has 0 fully saturated rings. The first-order chi connectivity index (χ1) is 9.65. The number of ether oxygens (including phenoxy) is 1. The molecule has 1 atom stereocenters. The Kier molecular flexibility index (Phi) is 9.07. The fraction of sp³-hybridized carbons (Fsp3) is 0.625. The summed E-state index contributed by atoms with van der Waals surface area (Å²) in [7, 11) is 0. The number of hydrogen-bond donors (Lipinski definition) is 1. The van der Waals surface area contributed by atoms with Crippen molar-refractivity contribution in [1.82, 2.24) is 5.32 Å². The first-order valence-corrected chi connectivity index (χ1v) is 8.21. The Morgan fingerprint density at radius 3 is 2.65 bits per heavy atom. The molecule has 114 valence electrons. The summed E-state index contributed by atoms with van der Waals surface area (Å²) >= 11 is 3.34. The van der Waals surface area contributed by atoms with Crippen LogP contribution < -0.4 is 5.32 Å². The minimum atomic E-state index is -0.189. The van der Waals surface area contributed by atoms with Crippen LogP contribution in [-0.4, -0.2) is 25.8 Å². The predicted molar refractivity (Wildman–Crippen MR) is 85.6 cm³/mol. The van der Waals surface area contributed by atoms with Gasteiger partial charge in [-0.2, -0.15) is 0 Å². The van der Waals surface area contributed by atoms with Gasteiger partial charge >= 0.3 is 0 Å². The van der Waals surface area contributed by atoms with Gasteiger partial charge in [0.1, 0.15) is 5.82 Å². The van der Waals surface area contributed by atoms with Gasteiger partial charge in [-0.05, 0) is 56.0 Å². The van der Waals surface area contributed by atoms with E-state index in [1.165, 1.54) is 6.07 Å². The molecule has 1 aromatic rings. The summed E-state index contributed by atoms with van der Waals surface area (Å²) in [6.07, 6.45) is 3.92. The zero-order valence-corrected chi connectivity index (χ0v) is 14.0. The fourth-order valence-electron chi connectivity index (χ4n) is 2.11. The molecule has 1 aromatic carbocycles. The molecule has 0 aliphatic carbocycles. The SMILES string of the molecule is CCCNC(CCOCCC)Cc1cc(F)cc(Br)c1. The van der Waals surface area contributed by atoms with E-state index in [0.717, 1.165) is 55.5 Å². The van der Waals surface area contributed by atoms with E-state index >= 15 is 0 Å². The molecule has 20 heavy (non-hydrogen) atoms. The number of nitrogens with one attached hydrogen (secondary N) is 1. The molecular weight excluding hydrogens is 321 g/mol. The molecule has 0 bridgehead atoms. The van der Waals surface area contributed by atoms with Crippen LogP contribution in [0.2, 0.25) is 0 Å². The molecule has 0 aromatic heterocycles. The molecule has 0 spiro atoms. The van der Waals surface area contributed by atoms with Gasteiger partial charge < -0.3 is 10.1 Å². The van der Waals surface area contributed by atoms with Gasteiger partial charge in [0.25, 0.3) is 0 Å². The van der Waals surface area contributed by atoms with Gasteiger partial charge in [-0.25, -0.2) is 4.39 Å². The van der Waals surface area contributed by atoms with Gasteiger partial charge in [0.05, 0.1) is 0 Å². The van der Waals surface area contributed by atoms with Crippen molar-refractivity contribution in [3.05, 3.63) is 34.1 Å². The summed E-state index contributed by atoms with van der Waals surface area (Å²) in [6.45, 7) is 6.81. The van der Waals surface area contributed by atoms with Crippen molar-refractivity contribution >= 4 is 15.9 Å². The highest BCUT2D eigenvalue weighted by Gasteiger charge is 2.10. The smallest absolute Gasteiger partial charge is 0.124 e. The quantitative estimate of drug-likeness (QED) is 0.637. The van der Waals surface area contributed by atoms with Crippen molar-refractivity contribution in [1.29, 1.82) is 0 Å². The van der Waals surface area contributed by atoms with E-state index in [9.17, 15) is 4.39 Å². The molecule has 4 heteroatoms. The molecule has 0 saturated heterocycles. The Hall–Kier alpha value is -0.450. The van der Waals surface area contributed by atoms with Gasteiger partial charge in [0.2, 0.25) is 0 Å². The second-order valence-electron chi connectivity index (χ2n) is 5.03. The minimum absolute atomic E-state index is 0.189. The summed E-state index contributed by atoms with van der Waals surface area (Å²) in [5.74, 6) is -0.189. The topological polar surface area (TPSA) is 21.3 Å². The second-order valence-corrected chi connectivity index (χ2v) is 5.95. The highest BCUT2D eigenvalue weighted by Crippen LogP contribution is 2.17. The average Bonchev–Trinajstić information content (AvgIpc) is 2.39. The van der Waals surface area contributed by atoms with E-state index in [1.54, 1.807) is 6.07 Å². The summed E-state index contributed by atoms with van der Waals surface area (Å²) in [5.41, 5.74) is 1.01. The van der Waals surface area contributed by atoms with Gasteiger partial charge in [0, 0.05) is 23.7 Å². The van der Waals surface area contributed by atoms with Gasteiger partial charge in [-0.3, -0.25) is 0 Å². The average molecular weight is 346 g/mol. The molecule has 0 saturated carbocycles. The molecular formula is C16H25BrFNO. The normalized spacial score (nSPS) is 12.6. The molecule has 0 amide bonds. The Bertz CT molecular complexity index is 366. The lowest BCUT2D eigenvalue weighted by atomic mass is 10.0.